The number of ether oxygens (including phenoxy) is 2. The lowest BCUT2D eigenvalue weighted by Crippen LogP contribution is -2.14. The van der Waals surface area contributed by atoms with E-state index in [0.29, 0.717) is 39.7 Å². The van der Waals surface area contributed by atoms with Crippen molar-refractivity contribution in [1.82, 2.24) is 8.96 Å². The molecule has 0 spiro atoms. The van der Waals surface area contributed by atoms with Gasteiger partial charge in [-0.15, -0.1) is 0 Å². The molecule has 0 saturated carbocycles. The van der Waals surface area contributed by atoms with Crippen LogP contribution in [-0.2, 0) is 28.0 Å². The Bertz CT molecular complexity index is 1750. The maximum Gasteiger partial charge on any atom is 0.268 e. The number of hydrogen-bond acceptors (Lipinski definition) is 6. The Hall–Kier alpha value is -3.53. The second kappa shape index (κ2) is 10.7. The molecular weight excluding hydrogens is 568 g/mol. The lowest BCUT2D eigenvalue weighted by atomic mass is 10.0. The van der Waals surface area contributed by atoms with E-state index in [4.69, 9.17) is 9.47 Å². The number of Topliss-reactive ketones (excluding diaryl/α,β-unsaturated/α-hetero) is 1. The summed E-state index contributed by atoms with van der Waals surface area (Å²) in [5, 5.41) is 1.29. The van der Waals surface area contributed by atoms with Crippen LogP contribution in [0.5, 0.6) is 5.75 Å². The lowest BCUT2D eigenvalue weighted by Gasteiger charge is -2.11. The monoisotopic (exact) mass is 592 g/mol. The second-order valence-corrected chi connectivity index (χ2v) is 11.2. The Morgan fingerprint density at radius 3 is 2.39 bits per heavy atom. The SMILES string of the molecule is COCc1c(C(=O)CBr)ncc2c1c1cc(OCc3ccccc3)ccc1n2S(=O)(=O)c1ccc(C)cc1. The molecule has 0 saturated heterocycles. The summed E-state index contributed by atoms with van der Waals surface area (Å²) in [4.78, 5) is 17.3. The lowest BCUT2D eigenvalue weighted by molar-refractivity contribution is 0.101. The molecule has 5 rings (SSSR count). The van der Waals surface area contributed by atoms with Crippen molar-refractivity contribution in [2.45, 2.75) is 25.0 Å². The summed E-state index contributed by atoms with van der Waals surface area (Å²) >= 11 is 3.23. The van der Waals surface area contributed by atoms with Crippen molar-refractivity contribution in [1.29, 1.82) is 0 Å². The molecular formula is C29H25BrN2O5S. The minimum atomic E-state index is -4.00. The van der Waals surface area contributed by atoms with Crippen LogP contribution in [0.25, 0.3) is 21.8 Å². The quantitative estimate of drug-likeness (QED) is 0.153. The molecule has 0 aliphatic carbocycles. The maximum absolute atomic E-state index is 14.0. The number of carbonyl (C=O) groups excluding carboxylic acids is 1. The van der Waals surface area contributed by atoms with Gasteiger partial charge in [0.15, 0.2) is 5.78 Å². The van der Waals surface area contributed by atoms with Crippen molar-refractivity contribution < 1.29 is 22.7 Å². The van der Waals surface area contributed by atoms with Gasteiger partial charge in [0, 0.05) is 23.4 Å². The van der Waals surface area contributed by atoms with Gasteiger partial charge >= 0.3 is 0 Å². The Morgan fingerprint density at radius 2 is 1.71 bits per heavy atom. The van der Waals surface area contributed by atoms with Crippen LogP contribution in [0, 0.1) is 6.92 Å². The smallest absolute Gasteiger partial charge is 0.268 e. The van der Waals surface area contributed by atoms with E-state index in [-0.39, 0.29) is 28.3 Å². The summed E-state index contributed by atoms with van der Waals surface area (Å²) in [7, 11) is -2.48. The van der Waals surface area contributed by atoms with Crippen LogP contribution in [0.1, 0.15) is 27.2 Å². The molecule has 0 amide bonds. The molecule has 7 nitrogen and oxygen atoms in total. The van der Waals surface area contributed by atoms with E-state index >= 15 is 0 Å². The number of ketones is 1. The van der Waals surface area contributed by atoms with Gasteiger partial charge in [0.25, 0.3) is 10.0 Å². The van der Waals surface area contributed by atoms with E-state index in [1.807, 2.05) is 43.3 Å². The van der Waals surface area contributed by atoms with Crippen molar-refractivity contribution in [3.8, 4) is 5.75 Å². The minimum Gasteiger partial charge on any atom is -0.489 e. The van der Waals surface area contributed by atoms with Gasteiger partial charge in [-0.1, -0.05) is 64.0 Å². The Morgan fingerprint density at radius 1 is 0.974 bits per heavy atom. The zero-order valence-corrected chi connectivity index (χ0v) is 23.3. The van der Waals surface area contributed by atoms with E-state index in [0.717, 1.165) is 11.1 Å². The molecule has 9 heteroatoms. The van der Waals surface area contributed by atoms with E-state index in [2.05, 4.69) is 20.9 Å². The number of aromatic nitrogens is 2. The summed E-state index contributed by atoms with van der Waals surface area (Å²) < 4.78 is 40.7. The molecule has 0 bridgehead atoms. The summed E-state index contributed by atoms with van der Waals surface area (Å²) in [6.07, 6.45) is 1.45. The number of pyridine rings is 1. The molecule has 0 aliphatic heterocycles. The zero-order chi connectivity index (χ0) is 26.9. The number of rotatable bonds is 9. The predicted molar refractivity (Wildman–Crippen MR) is 151 cm³/mol. The average Bonchev–Trinajstić information content (AvgIpc) is 3.27. The van der Waals surface area contributed by atoms with E-state index < -0.39 is 10.0 Å². The largest absolute Gasteiger partial charge is 0.489 e. The highest BCUT2D eigenvalue weighted by Crippen LogP contribution is 2.37. The molecule has 0 unspecified atom stereocenters. The number of hydrogen-bond donors (Lipinski definition) is 0. The van der Waals surface area contributed by atoms with Crippen LogP contribution in [-0.4, -0.2) is 35.6 Å². The molecule has 3 aromatic carbocycles. The molecule has 0 atom stereocenters. The maximum atomic E-state index is 14.0. The average molecular weight is 593 g/mol. The molecule has 194 valence electrons. The van der Waals surface area contributed by atoms with Gasteiger partial charge in [0.2, 0.25) is 0 Å². The standard InChI is InChI=1S/C29H25BrN2O5S/c1-19-8-11-22(12-9-19)38(34,35)32-25-13-10-21(37-17-20-6-4-3-5-7-20)14-23(25)28-24(18-36-2)29(27(33)15-30)31-16-26(28)32/h3-14,16H,15,17-18H2,1-2H3. The van der Waals surface area contributed by atoms with Crippen LogP contribution in [0.4, 0.5) is 0 Å². The fourth-order valence-corrected chi connectivity index (χ4v) is 6.28. The number of carbonyl (C=O) groups is 1. The first-order chi connectivity index (χ1) is 18.3. The fraction of sp³-hybridized carbons (Fsp3) is 0.172. The number of fused-ring (bicyclic) bond motifs is 3. The molecule has 0 N–H and O–H groups in total. The molecule has 2 aromatic heterocycles. The van der Waals surface area contributed by atoms with Gasteiger partial charge < -0.3 is 9.47 Å². The van der Waals surface area contributed by atoms with Crippen molar-refractivity contribution in [2.24, 2.45) is 0 Å². The molecule has 0 fully saturated rings. The fourth-order valence-electron chi connectivity index (χ4n) is 4.51. The second-order valence-electron chi connectivity index (χ2n) is 8.87. The topological polar surface area (TPSA) is 87.5 Å². The number of aryl methyl sites for hydroxylation is 1. The zero-order valence-electron chi connectivity index (χ0n) is 20.8. The van der Waals surface area contributed by atoms with Gasteiger partial charge in [-0.25, -0.2) is 12.4 Å². The summed E-state index contributed by atoms with van der Waals surface area (Å²) in [5.41, 5.74) is 3.53. The minimum absolute atomic E-state index is 0.0773. The van der Waals surface area contributed by atoms with Gasteiger partial charge in [0.05, 0.1) is 34.1 Å². The van der Waals surface area contributed by atoms with Gasteiger partial charge in [-0.05, 0) is 42.8 Å². The van der Waals surface area contributed by atoms with Crippen LogP contribution < -0.4 is 4.74 Å². The number of nitrogens with zero attached hydrogens (tertiary/aromatic N) is 2. The highest BCUT2D eigenvalue weighted by molar-refractivity contribution is 9.09. The third kappa shape index (κ3) is 4.73. The van der Waals surface area contributed by atoms with Gasteiger partial charge in [-0.2, -0.15) is 0 Å². The summed E-state index contributed by atoms with van der Waals surface area (Å²) in [6.45, 7) is 2.33. The number of alkyl halides is 1. The molecule has 0 aliphatic rings. The van der Waals surface area contributed by atoms with Crippen LogP contribution >= 0.6 is 15.9 Å². The van der Waals surface area contributed by atoms with Crippen molar-refractivity contribution in [2.75, 3.05) is 12.4 Å². The van der Waals surface area contributed by atoms with Gasteiger partial charge in [-0.3, -0.25) is 9.78 Å². The highest BCUT2D eigenvalue weighted by atomic mass is 79.9. The first-order valence-corrected chi connectivity index (χ1v) is 14.4. The van der Waals surface area contributed by atoms with Crippen molar-refractivity contribution >= 4 is 53.5 Å². The number of halogens is 1. The van der Waals surface area contributed by atoms with Crippen molar-refractivity contribution in [3.05, 3.63) is 101 Å². The number of methoxy groups -OCH3 is 1. The van der Waals surface area contributed by atoms with Crippen LogP contribution in [0.2, 0.25) is 0 Å². The number of benzene rings is 3. The van der Waals surface area contributed by atoms with Crippen LogP contribution in [0.15, 0.2) is 83.9 Å². The summed E-state index contributed by atoms with van der Waals surface area (Å²) in [6, 6.07) is 21.8. The normalized spacial score (nSPS) is 11.8. The predicted octanol–water partition coefficient (Wildman–Crippen LogP) is 6.04. The molecule has 0 radical (unpaired) electrons. The third-order valence-electron chi connectivity index (χ3n) is 6.32. The van der Waals surface area contributed by atoms with E-state index in [9.17, 15) is 13.2 Å². The first-order valence-electron chi connectivity index (χ1n) is 11.9. The highest BCUT2D eigenvalue weighted by Gasteiger charge is 2.27. The third-order valence-corrected chi connectivity index (χ3v) is 8.57. The van der Waals surface area contributed by atoms with E-state index in [1.165, 1.54) is 17.3 Å². The summed E-state index contributed by atoms with van der Waals surface area (Å²) in [5.74, 6) is 0.347. The van der Waals surface area contributed by atoms with E-state index in [1.54, 1.807) is 36.4 Å². The molecule has 5 aromatic rings. The Labute approximate surface area is 229 Å². The Kier molecular flexibility index (Phi) is 7.34. The van der Waals surface area contributed by atoms with Gasteiger partial charge in [0.1, 0.15) is 18.1 Å². The first kappa shape index (κ1) is 26.1. The van der Waals surface area contributed by atoms with Crippen LogP contribution in [0.3, 0.4) is 0 Å². The van der Waals surface area contributed by atoms with Crippen molar-refractivity contribution in [3.63, 3.8) is 0 Å². The molecule has 2 heterocycles. The molecule has 38 heavy (non-hydrogen) atoms. The Balaban J connectivity index is 1.78.